The van der Waals surface area contributed by atoms with Gasteiger partial charge in [-0.25, -0.2) is 4.79 Å². The summed E-state index contributed by atoms with van der Waals surface area (Å²) in [5.74, 6) is 1.45. The Bertz CT molecular complexity index is 470. The van der Waals surface area contributed by atoms with Crippen LogP contribution in [0.2, 0.25) is 0 Å². The van der Waals surface area contributed by atoms with Gasteiger partial charge in [0.25, 0.3) is 0 Å². The maximum Gasteiger partial charge on any atom is 0.358 e. The third-order valence-electron chi connectivity index (χ3n) is 5.38. The molecule has 4 saturated carbocycles. The van der Waals surface area contributed by atoms with Gasteiger partial charge in [0.15, 0.2) is 5.69 Å². The van der Waals surface area contributed by atoms with E-state index in [0.717, 1.165) is 42.6 Å². The highest BCUT2D eigenvalue weighted by Gasteiger charge is 2.53. The van der Waals surface area contributed by atoms with Crippen molar-refractivity contribution in [2.45, 2.75) is 43.9 Å². The Kier molecular flexibility index (Phi) is 1.98. The summed E-state index contributed by atoms with van der Waals surface area (Å²) in [6.45, 7) is 0. The minimum atomic E-state index is -0.950. The van der Waals surface area contributed by atoms with E-state index in [2.05, 4.69) is 5.16 Å². The Morgan fingerprint density at radius 3 is 2.28 bits per heavy atom. The quantitative estimate of drug-likeness (QED) is 0.872. The van der Waals surface area contributed by atoms with Gasteiger partial charge in [0.05, 0.1) is 0 Å². The lowest BCUT2D eigenvalue weighted by atomic mass is 9.48. The van der Waals surface area contributed by atoms with Crippen LogP contribution in [0.3, 0.4) is 0 Å². The standard InChI is InChI=1S/C14H17NO3/c16-13(17)12-11(7-18-15-12)14-4-8-1-9(5-14)3-10(2-8)6-14/h7-10H,1-6H2,(H,16,17). The Hall–Kier alpha value is -1.32. The number of carbonyl (C=O) groups is 1. The summed E-state index contributed by atoms with van der Waals surface area (Å²) in [7, 11) is 0. The van der Waals surface area contributed by atoms with Crippen LogP contribution < -0.4 is 0 Å². The summed E-state index contributed by atoms with van der Waals surface area (Å²) in [6.07, 6.45) is 9.07. The third kappa shape index (κ3) is 1.32. The number of carboxylic acids is 1. The first-order valence-electron chi connectivity index (χ1n) is 6.84. The molecule has 1 aromatic heterocycles. The molecular formula is C14H17NO3. The van der Waals surface area contributed by atoms with Gasteiger partial charge in [0, 0.05) is 11.0 Å². The predicted octanol–water partition coefficient (Wildman–Crippen LogP) is 2.84. The average molecular weight is 247 g/mol. The van der Waals surface area contributed by atoms with Crippen LogP contribution in [0.5, 0.6) is 0 Å². The lowest BCUT2D eigenvalue weighted by Gasteiger charge is -2.56. The number of carboxylic acid groups (broad SMARTS) is 1. The van der Waals surface area contributed by atoms with Crippen LogP contribution >= 0.6 is 0 Å². The van der Waals surface area contributed by atoms with Crippen molar-refractivity contribution < 1.29 is 14.4 Å². The molecule has 4 nitrogen and oxygen atoms in total. The molecule has 4 fully saturated rings. The highest BCUT2D eigenvalue weighted by Crippen LogP contribution is 2.61. The highest BCUT2D eigenvalue weighted by molar-refractivity contribution is 5.87. The molecule has 1 N–H and O–H groups in total. The zero-order valence-electron chi connectivity index (χ0n) is 10.3. The summed E-state index contributed by atoms with van der Waals surface area (Å²) >= 11 is 0. The van der Waals surface area contributed by atoms with Gasteiger partial charge in [-0.1, -0.05) is 5.16 Å². The van der Waals surface area contributed by atoms with Crippen LogP contribution in [-0.2, 0) is 5.41 Å². The Balaban J connectivity index is 1.79. The van der Waals surface area contributed by atoms with Crippen LogP contribution in [0.1, 0.15) is 54.6 Å². The van der Waals surface area contributed by atoms with E-state index < -0.39 is 5.97 Å². The summed E-state index contributed by atoms with van der Waals surface area (Å²) in [4.78, 5) is 11.3. The van der Waals surface area contributed by atoms with Crippen LogP contribution in [0, 0.1) is 17.8 Å². The van der Waals surface area contributed by atoms with Gasteiger partial charge >= 0.3 is 5.97 Å². The number of aromatic carboxylic acids is 1. The molecule has 96 valence electrons. The molecule has 0 saturated heterocycles. The summed E-state index contributed by atoms with van der Waals surface area (Å²) < 4.78 is 4.97. The van der Waals surface area contributed by atoms with Crippen molar-refractivity contribution in [1.82, 2.24) is 5.16 Å². The monoisotopic (exact) mass is 247 g/mol. The largest absolute Gasteiger partial charge is 0.476 e. The number of rotatable bonds is 2. The van der Waals surface area contributed by atoms with Crippen molar-refractivity contribution in [2.24, 2.45) is 17.8 Å². The summed E-state index contributed by atoms with van der Waals surface area (Å²) in [5, 5.41) is 12.9. The van der Waals surface area contributed by atoms with Gasteiger partial charge in [-0.05, 0) is 56.3 Å². The molecule has 1 aromatic rings. The van der Waals surface area contributed by atoms with Gasteiger partial charge in [-0.3, -0.25) is 0 Å². The van der Waals surface area contributed by atoms with Crippen molar-refractivity contribution >= 4 is 5.97 Å². The van der Waals surface area contributed by atoms with Crippen molar-refractivity contribution in [3.05, 3.63) is 17.5 Å². The van der Waals surface area contributed by atoms with E-state index in [9.17, 15) is 9.90 Å². The zero-order valence-corrected chi connectivity index (χ0v) is 10.3. The van der Waals surface area contributed by atoms with Gasteiger partial charge < -0.3 is 9.63 Å². The Labute approximate surface area is 105 Å². The second kappa shape index (κ2) is 3.37. The SMILES string of the molecule is O=C(O)c1nocc1C12CC3CC(CC(C3)C1)C2. The van der Waals surface area contributed by atoms with E-state index in [-0.39, 0.29) is 11.1 Å². The fourth-order valence-corrected chi connectivity index (χ4v) is 5.21. The fourth-order valence-electron chi connectivity index (χ4n) is 5.21. The van der Waals surface area contributed by atoms with Crippen molar-refractivity contribution in [3.63, 3.8) is 0 Å². The Morgan fingerprint density at radius 1 is 1.22 bits per heavy atom. The van der Waals surface area contributed by atoms with Crippen LogP contribution in [0.25, 0.3) is 0 Å². The minimum absolute atomic E-state index is 0.0580. The number of aromatic nitrogens is 1. The second-order valence-electron chi connectivity index (χ2n) is 6.58. The first-order valence-corrected chi connectivity index (χ1v) is 6.84. The second-order valence-corrected chi connectivity index (χ2v) is 6.58. The van der Waals surface area contributed by atoms with E-state index in [4.69, 9.17) is 4.52 Å². The van der Waals surface area contributed by atoms with E-state index in [1.165, 1.54) is 19.3 Å². The molecule has 4 aliphatic carbocycles. The maximum atomic E-state index is 11.3. The molecule has 0 aromatic carbocycles. The topological polar surface area (TPSA) is 63.3 Å². The van der Waals surface area contributed by atoms with E-state index in [1.54, 1.807) is 6.26 Å². The molecule has 5 rings (SSSR count). The average Bonchev–Trinajstić information content (AvgIpc) is 2.76. The molecule has 0 amide bonds. The van der Waals surface area contributed by atoms with Crippen molar-refractivity contribution in [1.29, 1.82) is 0 Å². The molecule has 4 aliphatic rings. The normalized spacial score (nSPS) is 41.2. The van der Waals surface area contributed by atoms with Crippen LogP contribution in [-0.4, -0.2) is 16.2 Å². The van der Waals surface area contributed by atoms with Gasteiger partial charge in [-0.2, -0.15) is 0 Å². The lowest BCUT2D eigenvalue weighted by molar-refractivity contribution is -0.00601. The first kappa shape index (κ1) is 10.6. The Morgan fingerprint density at radius 2 is 1.78 bits per heavy atom. The summed E-state index contributed by atoms with van der Waals surface area (Å²) in [6, 6.07) is 0. The molecular weight excluding hydrogens is 230 g/mol. The molecule has 4 bridgehead atoms. The third-order valence-corrected chi connectivity index (χ3v) is 5.38. The van der Waals surface area contributed by atoms with Gasteiger partial charge in [0.2, 0.25) is 0 Å². The minimum Gasteiger partial charge on any atom is -0.476 e. The first-order chi connectivity index (χ1) is 8.66. The molecule has 0 radical (unpaired) electrons. The maximum absolute atomic E-state index is 11.3. The molecule has 4 heteroatoms. The molecule has 0 unspecified atom stereocenters. The highest BCUT2D eigenvalue weighted by atomic mass is 16.5. The predicted molar refractivity (Wildman–Crippen MR) is 63.3 cm³/mol. The molecule has 0 aliphatic heterocycles. The molecule has 0 atom stereocenters. The van der Waals surface area contributed by atoms with E-state index >= 15 is 0 Å². The molecule has 0 spiro atoms. The molecule has 18 heavy (non-hydrogen) atoms. The van der Waals surface area contributed by atoms with Crippen molar-refractivity contribution in [3.8, 4) is 0 Å². The molecule has 1 heterocycles. The van der Waals surface area contributed by atoms with Gasteiger partial charge in [0.1, 0.15) is 6.26 Å². The van der Waals surface area contributed by atoms with Crippen LogP contribution in [0.4, 0.5) is 0 Å². The number of hydrogen-bond acceptors (Lipinski definition) is 3. The van der Waals surface area contributed by atoms with Crippen LogP contribution in [0.15, 0.2) is 10.8 Å². The van der Waals surface area contributed by atoms with E-state index in [0.29, 0.717) is 0 Å². The van der Waals surface area contributed by atoms with Gasteiger partial charge in [-0.15, -0.1) is 0 Å². The fraction of sp³-hybridized carbons (Fsp3) is 0.714. The number of nitrogens with zero attached hydrogens (tertiary/aromatic N) is 1. The zero-order chi connectivity index (χ0) is 12.3. The van der Waals surface area contributed by atoms with E-state index in [1.807, 2.05) is 0 Å². The smallest absolute Gasteiger partial charge is 0.358 e. The number of hydrogen-bond donors (Lipinski definition) is 1. The lowest BCUT2D eigenvalue weighted by Crippen LogP contribution is -2.48. The van der Waals surface area contributed by atoms with Crippen molar-refractivity contribution in [2.75, 3.05) is 0 Å². The summed E-state index contributed by atoms with van der Waals surface area (Å²) in [5.41, 5.74) is 1.08.